The molecule has 1 heterocycles. The van der Waals surface area contributed by atoms with E-state index in [-0.39, 0.29) is 10.9 Å². The Morgan fingerprint density at radius 3 is 2.05 bits per heavy atom. The predicted molar refractivity (Wildman–Crippen MR) is 85.9 cm³/mol. The maximum Gasteiger partial charge on any atom is 0.119 e. The van der Waals surface area contributed by atoms with Crippen LogP contribution >= 0.6 is 15.9 Å². The number of rotatable bonds is 4. The van der Waals surface area contributed by atoms with Crippen LogP contribution in [0.3, 0.4) is 0 Å². The van der Waals surface area contributed by atoms with Crippen molar-refractivity contribution >= 4 is 15.9 Å². The average Bonchev–Trinajstić information content (AvgIpc) is 2.63. The molecule has 1 unspecified atom stereocenters. The lowest BCUT2D eigenvalue weighted by atomic mass is 10.0. The Bertz CT molecular complexity index is 582. The molecule has 0 fully saturated rings. The van der Waals surface area contributed by atoms with Crippen molar-refractivity contribution in [3.05, 3.63) is 52.5 Å². The van der Waals surface area contributed by atoms with Crippen molar-refractivity contribution in [2.24, 2.45) is 0 Å². The average molecular weight is 337 g/mol. The van der Waals surface area contributed by atoms with E-state index in [0.29, 0.717) is 0 Å². The van der Waals surface area contributed by atoms with E-state index in [1.165, 1.54) is 16.7 Å². The lowest BCUT2D eigenvalue weighted by molar-refractivity contribution is 0.242. The van der Waals surface area contributed by atoms with Crippen molar-refractivity contribution < 1.29 is 9.15 Å². The highest BCUT2D eigenvalue weighted by atomic mass is 79.9. The van der Waals surface area contributed by atoms with E-state index >= 15 is 0 Å². The van der Waals surface area contributed by atoms with Crippen LogP contribution in [0.5, 0.6) is 5.75 Å². The monoisotopic (exact) mass is 336 g/mol. The van der Waals surface area contributed by atoms with E-state index in [1.54, 1.807) is 0 Å². The van der Waals surface area contributed by atoms with Gasteiger partial charge in [0.1, 0.15) is 17.3 Å². The van der Waals surface area contributed by atoms with Crippen LogP contribution in [-0.2, 0) is 0 Å². The van der Waals surface area contributed by atoms with Crippen molar-refractivity contribution in [3.63, 3.8) is 0 Å². The summed E-state index contributed by atoms with van der Waals surface area (Å²) in [4.78, 5) is 0.146. The molecule has 0 aliphatic rings. The molecule has 20 heavy (non-hydrogen) atoms. The van der Waals surface area contributed by atoms with Crippen molar-refractivity contribution in [2.45, 2.75) is 45.5 Å². The van der Waals surface area contributed by atoms with Gasteiger partial charge in [-0.2, -0.15) is 0 Å². The minimum atomic E-state index is 0.146. The van der Waals surface area contributed by atoms with Crippen LogP contribution in [0.1, 0.15) is 46.9 Å². The number of aryl methyl sites for hydroxylation is 2. The largest absolute Gasteiger partial charge is 0.491 e. The molecule has 0 bridgehead atoms. The molecule has 1 atom stereocenters. The third kappa shape index (κ3) is 3.09. The number of hydrogen-bond acceptors (Lipinski definition) is 2. The molecule has 2 rings (SSSR count). The Labute approximate surface area is 129 Å². The molecule has 2 nitrogen and oxygen atoms in total. The van der Waals surface area contributed by atoms with Crippen LogP contribution in [0, 0.1) is 20.8 Å². The van der Waals surface area contributed by atoms with Gasteiger partial charge in [-0.1, -0.05) is 28.1 Å². The van der Waals surface area contributed by atoms with Gasteiger partial charge in [0.2, 0.25) is 0 Å². The Balaban J connectivity index is 2.27. The molecule has 0 saturated heterocycles. The van der Waals surface area contributed by atoms with Crippen molar-refractivity contribution in [1.29, 1.82) is 0 Å². The van der Waals surface area contributed by atoms with Crippen LogP contribution in [0.15, 0.2) is 28.7 Å². The second-order valence-electron chi connectivity index (χ2n) is 5.35. The first kappa shape index (κ1) is 15.2. The second-order valence-corrected chi connectivity index (χ2v) is 6.27. The van der Waals surface area contributed by atoms with Gasteiger partial charge in [0.25, 0.3) is 0 Å². The summed E-state index contributed by atoms with van der Waals surface area (Å²) in [6.45, 7) is 10.2. The molecular formula is C17H21BrO2. The Kier molecular flexibility index (Phi) is 4.59. The number of hydrogen-bond donors (Lipinski definition) is 0. The highest BCUT2D eigenvalue weighted by molar-refractivity contribution is 9.09. The molecule has 3 heteroatoms. The molecule has 0 aliphatic carbocycles. The Morgan fingerprint density at radius 2 is 1.60 bits per heavy atom. The van der Waals surface area contributed by atoms with Crippen LogP contribution in [0.4, 0.5) is 0 Å². The fraction of sp³-hybridized carbons (Fsp3) is 0.412. The van der Waals surface area contributed by atoms with Gasteiger partial charge in [-0.25, -0.2) is 0 Å². The molecular weight excluding hydrogens is 316 g/mol. The van der Waals surface area contributed by atoms with E-state index in [0.717, 1.165) is 17.3 Å². The highest BCUT2D eigenvalue weighted by Gasteiger charge is 2.20. The predicted octanol–water partition coefficient (Wildman–Crippen LogP) is 5.48. The molecule has 1 aromatic heterocycles. The molecule has 0 spiro atoms. The normalized spacial score (nSPS) is 12.8. The summed E-state index contributed by atoms with van der Waals surface area (Å²) in [6, 6.07) is 8.22. The fourth-order valence-corrected chi connectivity index (χ4v) is 3.31. The third-order valence-corrected chi connectivity index (χ3v) is 4.40. The molecule has 1 aromatic carbocycles. The summed E-state index contributed by atoms with van der Waals surface area (Å²) in [7, 11) is 0. The lowest BCUT2D eigenvalue weighted by Gasteiger charge is -2.13. The molecule has 0 amide bonds. The lowest BCUT2D eigenvalue weighted by Crippen LogP contribution is -2.05. The topological polar surface area (TPSA) is 22.4 Å². The first-order valence-corrected chi connectivity index (χ1v) is 7.79. The summed E-state index contributed by atoms with van der Waals surface area (Å²) in [5.41, 5.74) is 3.64. The minimum absolute atomic E-state index is 0.146. The highest BCUT2D eigenvalue weighted by Crippen LogP contribution is 2.37. The maximum absolute atomic E-state index is 5.71. The summed E-state index contributed by atoms with van der Waals surface area (Å²) in [6.07, 6.45) is 0.196. The van der Waals surface area contributed by atoms with Crippen LogP contribution in [0.25, 0.3) is 0 Å². The van der Waals surface area contributed by atoms with Crippen LogP contribution in [-0.4, -0.2) is 6.10 Å². The first-order valence-electron chi connectivity index (χ1n) is 6.87. The van der Waals surface area contributed by atoms with Crippen molar-refractivity contribution in [3.8, 4) is 5.75 Å². The van der Waals surface area contributed by atoms with E-state index in [2.05, 4.69) is 35.0 Å². The Hall–Kier alpha value is -1.22. The first-order chi connectivity index (χ1) is 9.40. The van der Waals surface area contributed by atoms with Crippen LogP contribution in [0.2, 0.25) is 0 Å². The number of halogens is 1. The van der Waals surface area contributed by atoms with Gasteiger partial charge in [-0.3, -0.25) is 0 Å². The SMILES string of the molecule is Cc1oc(C)c(C(Br)c2ccc(OC(C)C)cc2)c1C. The molecule has 0 radical (unpaired) electrons. The minimum Gasteiger partial charge on any atom is -0.491 e. The van der Waals surface area contributed by atoms with Gasteiger partial charge >= 0.3 is 0 Å². The summed E-state index contributed by atoms with van der Waals surface area (Å²) < 4.78 is 11.4. The third-order valence-electron chi connectivity index (χ3n) is 3.42. The van der Waals surface area contributed by atoms with Gasteiger partial charge in [-0.15, -0.1) is 0 Å². The zero-order valence-electron chi connectivity index (χ0n) is 12.7. The molecule has 0 saturated carbocycles. The fourth-order valence-electron chi connectivity index (χ4n) is 2.34. The van der Waals surface area contributed by atoms with Gasteiger partial charge in [0.05, 0.1) is 10.9 Å². The number of ether oxygens (including phenoxy) is 1. The maximum atomic E-state index is 5.71. The number of furan rings is 1. The Morgan fingerprint density at radius 1 is 1.00 bits per heavy atom. The van der Waals surface area contributed by atoms with Gasteiger partial charge in [0, 0.05) is 5.56 Å². The zero-order chi connectivity index (χ0) is 14.9. The van der Waals surface area contributed by atoms with Gasteiger partial charge < -0.3 is 9.15 Å². The van der Waals surface area contributed by atoms with E-state index in [4.69, 9.17) is 9.15 Å². The van der Waals surface area contributed by atoms with Crippen LogP contribution < -0.4 is 4.74 Å². The standard InChI is InChI=1S/C17H21BrO2/c1-10(2)19-15-8-6-14(7-9-15)17(18)16-11(3)12(4)20-13(16)5/h6-10,17H,1-5H3. The van der Waals surface area contributed by atoms with Crippen molar-refractivity contribution in [1.82, 2.24) is 0 Å². The van der Waals surface area contributed by atoms with E-state index in [1.807, 2.05) is 39.8 Å². The molecule has 2 aromatic rings. The summed E-state index contributed by atoms with van der Waals surface area (Å²) in [5.74, 6) is 2.87. The van der Waals surface area contributed by atoms with E-state index in [9.17, 15) is 0 Å². The quantitative estimate of drug-likeness (QED) is 0.690. The summed E-state index contributed by atoms with van der Waals surface area (Å²) >= 11 is 3.78. The smallest absolute Gasteiger partial charge is 0.119 e. The zero-order valence-corrected chi connectivity index (χ0v) is 14.2. The van der Waals surface area contributed by atoms with Crippen molar-refractivity contribution in [2.75, 3.05) is 0 Å². The van der Waals surface area contributed by atoms with E-state index < -0.39 is 0 Å². The number of alkyl halides is 1. The number of benzene rings is 1. The van der Waals surface area contributed by atoms with Gasteiger partial charge in [-0.05, 0) is 57.9 Å². The summed E-state index contributed by atoms with van der Waals surface area (Å²) in [5, 5.41) is 0. The molecule has 0 N–H and O–H groups in total. The molecule has 0 aliphatic heterocycles. The molecule has 108 valence electrons. The second kappa shape index (κ2) is 6.04. The van der Waals surface area contributed by atoms with Gasteiger partial charge in [0.15, 0.2) is 0 Å².